The summed E-state index contributed by atoms with van der Waals surface area (Å²) in [7, 11) is 1.22. The number of hydrogen-bond acceptors (Lipinski definition) is 3. The van der Waals surface area contributed by atoms with Crippen molar-refractivity contribution in [3.8, 4) is 0 Å². The molecule has 0 unspecified atom stereocenters. The van der Waals surface area contributed by atoms with E-state index in [1.54, 1.807) is 0 Å². The minimum atomic E-state index is -4.27. The molecule has 0 aromatic carbocycles. The van der Waals surface area contributed by atoms with Crippen LogP contribution in [0, 0.1) is 17.8 Å². The number of alkyl halides is 3. The molecular formula is C12H17F3O3. The lowest BCUT2D eigenvalue weighted by Crippen LogP contribution is -2.42. The molecule has 2 aliphatic rings. The Morgan fingerprint density at radius 3 is 2.50 bits per heavy atom. The van der Waals surface area contributed by atoms with E-state index in [0.29, 0.717) is 6.42 Å². The fourth-order valence-electron chi connectivity index (χ4n) is 3.19. The van der Waals surface area contributed by atoms with Crippen molar-refractivity contribution < 1.29 is 27.4 Å². The SMILES string of the molecule is COC(=O)[C@@H]1C[C@H](C(F)(F)F)C[C@@H]2O[C@@H](C)C[C@@H]21. The van der Waals surface area contributed by atoms with Crippen LogP contribution in [0.5, 0.6) is 0 Å². The van der Waals surface area contributed by atoms with Crippen LogP contribution in [0.15, 0.2) is 0 Å². The number of rotatable bonds is 1. The molecule has 2 fully saturated rings. The van der Waals surface area contributed by atoms with Crippen molar-refractivity contribution in [3.63, 3.8) is 0 Å². The number of esters is 1. The van der Waals surface area contributed by atoms with Crippen LogP contribution in [0.2, 0.25) is 0 Å². The summed E-state index contributed by atoms with van der Waals surface area (Å²) in [6.45, 7) is 1.83. The van der Waals surface area contributed by atoms with Crippen LogP contribution in [0.25, 0.3) is 0 Å². The van der Waals surface area contributed by atoms with E-state index in [0.717, 1.165) is 0 Å². The van der Waals surface area contributed by atoms with E-state index in [-0.39, 0.29) is 24.9 Å². The standard InChI is InChI=1S/C12H17F3O3/c1-6-3-8-9(11(16)17-2)4-7(12(13,14)15)5-10(8)18-6/h6-10H,3-5H2,1-2H3/t6-,7-,8+,9+,10-/m0/s1. The Balaban J connectivity index is 2.18. The van der Waals surface area contributed by atoms with E-state index in [4.69, 9.17) is 4.74 Å². The van der Waals surface area contributed by atoms with E-state index in [1.165, 1.54) is 7.11 Å². The maximum Gasteiger partial charge on any atom is 0.391 e. The number of methoxy groups -OCH3 is 1. The molecule has 1 saturated carbocycles. The monoisotopic (exact) mass is 266 g/mol. The molecule has 0 bridgehead atoms. The molecule has 0 aromatic heterocycles. The summed E-state index contributed by atoms with van der Waals surface area (Å²) in [5.74, 6) is -2.83. The predicted molar refractivity (Wildman–Crippen MR) is 56.7 cm³/mol. The van der Waals surface area contributed by atoms with E-state index < -0.39 is 30.1 Å². The first-order valence-corrected chi connectivity index (χ1v) is 6.13. The highest BCUT2D eigenvalue weighted by molar-refractivity contribution is 5.73. The van der Waals surface area contributed by atoms with Crippen LogP contribution in [-0.2, 0) is 14.3 Å². The van der Waals surface area contributed by atoms with Crippen LogP contribution in [0.4, 0.5) is 13.2 Å². The zero-order chi connectivity index (χ0) is 13.5. The minimum absolute atomic E-state index is 0.0357. The first kappa shape index (κ1) is 13.6. The smallest absolute Gasteiger partial charge is 0.391 e. The fraction of sp³-hybridized carbons (Fsp3) is 0.917. The van der Waals surface area contributed by atoms with Crippen LogP contribution in [0.1, 0.15) is 26.2 Å². The second kappa shape index (κ2) is 4.72. The molecule has 2 rings (SSSR count). The van der Waals surface area contributed by atoms with E-state index >= 15 is 0 Å². The fourth-order valence-corrected chi connectivity index (χ4v) is 3.19. The van der Waals surface area contributed by atoms with Gasteiger partial charge in [0.05, 0.1) is 31.2 Å². The maximum absolute atomic E-state index is 12.8. The van der Waals surface area contributed by atoms with E-state index in [9.17, 15) is 18.0 Å². The quantitative estimate of drug-likeness (QED) is 0.684. The van der Waals surface area contributed by atoms with Gasteiger partial charge >= 0.3 is 12.1 Å². The molecule has 104 valence electrons. The molecule has 5 atom stereocenters. The van der Waals surface area contributed by atoms with Crippen molar-refractivity contribution in [2.75, 3.05) is 7.11 Å². The molecule has 6 heteroatoms. The van der Waals surface area contributed by atoms with Crippen molar-refractivity contribution in [2.45, 2.75) is 44.6 Å². The van der Waals surface area contributed by atoms with Crippen LogP contribution in [-0.4, -0.2) is 31.5 Å². The molecule has 1 aliphatic carbocycles. The van der Waals surface area contributed by atoms with Crippen LogP contribution in [0.3, 0.4) is 0 Å². The number of carbonyl (C=O) groups excluding carboxylic acids is 1. The van der Waals surface area contributed by atoms with Crippen LogP contribution >= 0.6 is 0 Å². The highest BCUT2D eigenvalue weighted by Crippen LogP contribution is 2.48. The Morgan fingerprint density at radius 2 is 1.94 bits per heavy atom. The molecule has 1 aliphatic heterocycles. The zero-order valence-corrected chi connectivity index (χ0v) is 10.4. The lowest BCUT2D eigenvalue weighted by atomic mass is 9.71. The summed E-state index contributed by atoms with van der Waals surface area (Å²) < 4.78 is 48.6. The summed E-state index contributed by atoms with van der Waals surface area (Å²) in [4.78, 5) is 11.6. The van der Waals surface area contributed by atoms with Crippen molar-refractivity contribution >= 4 is 5.97 Å². The van der Waals surface area contributed by atoms with Crippen LogP contribution < -0.4 is 0 Å². The van der Waals surface area contributed by atoms with Gasteiger partial charge in [0.2, 0.25) is 0 Å². The molecule has 0 N–H and O–H groups in total. The molecule has 1 heterocycles. The van der Waals surface area contributed by atoms with Gasteiger partial charge in [0.15, 0.2) is 0 Å². The first-order valence-electron chi connectivity index (χ1n) is 6.13. The Bertz CT molecular complexity index is 329. The third-order valence-corrected chi connectivity index (χ3v) is 4.03. The average molecular weight is 266 g/mol. The molecule has 3 nitrogen and oxygen atoms in total. The Hall–Kier alpha value is -0.780. The topological polar surface area (TPSA) is 35.5 Å². The first-order chi connectivity index (χ1) is 8.32. The number of ether oxygens (including phenoxy) is 2. The Kier molecular flexibility index (Phi) is 3.58. The van der Waals surface area contributed by atoms with Gasteiger partial charge in [0, 0.05) is 5.92 Å². The van der Waals surface area contributed by atoms with Gasteiger partial charge in [-0.2, -0.15) is 13.2 Å². The van der Waals surface area contributed by atoms with Crippen molar-refractivity contribution in [1.82, 2.24) is 0 Å². The number of hydrogen-bond donors (Lipinski definition) is 0. The van der Waals surface area contributed by atoms with Crippen molar-refractivity contribution in [3.05, 3.63) is 0 Å². The third kappa shape index (κ3) is 2.48. The minimum Gasteiger partial charge on any atom is -0.469 e. The number of carbonyl (C=O) groups is 1. The molecule has 0 aromatic rings. The summed E-state index contributed by atoms with van der Waals surface area (Å²) >= 11 is 0. The van der Waals surface area contributed by atoms with Gasteiger partial charge in [0.1, 0.15) is 0 Å². The molecular weight excluding hydrogens is 249 g/mol. The Morgan fingerprint density at radius 1 is 1.28 bits per heavy atom. The summed E-state index contributed by atoms with van der Waals surface area (Å²) in [6, 6.07) is 0. The lowest BCUT2D eigenvalue weighted by Gasteiger charge is -2.36. The van der Waals surface area contributed by atoms with Crippen molar-refractivity contribution in [1.29, 1.82) is 0 Å². The maximum atomic E-state index is 12.8. The van der Waals surface area contributed by atoms with E-state index in [2.05, 4.69) is 4.74 Å². The lowest BCUT2D eigenvalue weighted by molar-refractivity contribution is -0.202. The zero-order valence-electron chi connectivity index (χ0n) is 10.4. The summed E-state index contributed by atoms with van der Waals surface area (Å²) in [5.41, 5.74) is 0. The van der Waals surface area contributed by atoms with Gasteiger partial charge in [-0.15, -0.1) is 0 Å². The third-order valence-electron chi connectivity index (χ3n) is 4.03. The van der Waals surface area contributed by atoms with Gasteiger partial charge in [-0.1, -0.05) is 0 Å². The molecule has 0 radical (unpaired) electrons. The molecule has 0 amide bonds. The van der Waals surface area contributed by atoms with Gasteiger partial charge in [-0.3, -0.25) is 4.79 Å². The number of halogens is 3. The van der Waals surface area contributed by atoms with Gasteiger partial charge < -0.3 is 9.47 Å². The van der Waals surface area contributed by atoms with E-state index in [1.807, 2.05) is 6.92 Å². The summed E-state index contributed by atoms with van der Waals surface area (Å²) in [6.07, 6.45) is -4.40. The largest absolute Gasteiger partial charge is 0.469 e. The highest BCUT2D eigenvalue weighted by Gasteiger charge is 2.53. The second-order valence-corrected chi connectivity index (χ2v) is 5.22. The molecule has 18 heavy (non-hydrogen) atoms. The van der Waals surface area contributed by atoms with Gasteiger partial charge in [-0.05, 0) is 26.2 Å². The second-order valence-electron chi connectivity index (χ2n) is 5.22. The number of fused-ring (bicyclic) bond motifs is 1. The average Bonchev–Trinajstić information content (AvgIpc) is 2.65. The van der Waals surface area contributed by atoms with Gasteiger partial charge in [-0.25, -0.2) is 0 Å². The highest BCUT2D eigenvalue weighted by atomic mass is 19.4. The Labute approximate surface area is 104 Å². The normalized spacial score (nSPS) is 40.4. The van der Waals surface area contributed by atoms with Crippen molar-refractivity contribution in [2.24, 2.45) is 17.8 Å². The molecule has 0 spiro atoms. The predicted octanol–water partition coefficient (Wildman–Crippen LogP) is 2.54. The summed E-state index contributed by atoms with van der Waals surface area (Å²) in [5, 5.41) is 0. The molecule has 1 saturated heterocycles. The van der Waals surface area contributed by atoms with Gasteiger partial charge in [0.25, 0.3) is 0 Å².